The third-order valence-electron chi connectivity index (χ3n) is 10.1. The first-order valence-electron chi connectivity index (χ1n) is 23.0. The molecule has 53 heavy (non-hydrogen) atoms. The maximum absolute atomic E-state index is 11.9. The van der Waals surface area contributed by atoms with Gasteiger partial charge in [0, 0.05) is 19.4 Å². The highest BCUT2D eigenvalue weighted by molar-refractivity contribution is 5.72. The molecule has 0 spiro atoms. The monoisotopic (exact) mass is 754 g/mol. The van der Waals surface area contributed by atoms with E-state index in [1.54, 1.807) is 0 Å². The molecule has 0 unspecified atom stereocenters. The molecular weight excluding hydrogens is 663 g/mol. The second kappa shape index (κ2) is 46.5. The van der Waals surface area contributed by atoms with E-state index in [2.05, 4.69) is 13.8 Å². The number of rotatable bonds is 41. The van der Waals surface area contributed by atoms with Gasteiger partial charge in [-0.2, -0.15) is 0 Å². The Labute approximate surface area is 329 Å². The molecule has 0 atom stereocenters. The quantitative estimate of drug-likeness (QED) is 0.0491. The van der Waals surface area contributed by atoms with Gasteiger partial charge < -0.3 is 19.5 Å². The number of carbonyl (C=O) groups is 3. The zero-order valence-electron chi connectivity index (χ0n) is 36.0. The van der Waals surface area contributed by atoms with Crippen molar-refractivity contribution in [1.82, 2.24) is 4.90 Å². The van der Waals surface area contributed by atoms with Crippen LogP contribution in [0.1, 0.15) is 245 Å². The molecule has 0 aromatic rings. The first-order valence-corrected chi connectivity index (χ1v) is 23.0. The summed E-state index contributed by atoms with van der Waals surface area (Å²) in [5.41, 5.74) is 0. The summed E-state index contributed by atoms with van der Waals surface area (Å²) in [6, 6.07) is 0. The van der Waals surface area contributed by atoms with E-state index in [4.69, 9.17) is 14.6 Å². The topological polar surface area (TPSA) is 93.1 Å². The van der Waals surface area contributed by atoms with Crippen LogP contribution in [0.25, 0.3) is 0 Å². The Kier molecular flexibility index (Phi) is 46.9. The van der Waals surface area contributed by atoms with Gasteiger partial charge in [0.25, 0.3) is 0 Å². The highest BCUT2D eigenvalue weighted by atomic mass is 16.5. The van der Waals surface area contributed by atoms with E-state index < -0.39 is 5.97 Å². The zero-order valence-corrected chi connectivity index (χ0v) is 36.0. The van der Waals surface area contributed by atoms with Crippen LogP contribution in [0.15, 0.2) is 0 Å². The van der Waals surface area contributed by atoms with E-state index in [0.717, 1.165) is 25.7 Å². The maximum atomic E-state index is 11.9. The number of hydrogen-bond donors (Lipinski definition) is 1. The van der Waals surface area contributed by atoms with Crippen molar-refractivity contribution in [3.63, 3.8) is 0 Å². The Hall–Kier alpha value is -1.63. The Morgan fingerprint density at radius 2 is 0.623 bits per heavy atom. The smallest absolute Gasteiger partial charge is 0.305 e. The van der Waals surface area contributed by atoms with Gasteiger partial charge in [-0.25, -0.2) is 0 Å². The third-order valence-corrected chi connectivity index (χ3v) is 10.1. The van der Waals surface area contributed by atoms with Gasteiger partial charge in [-0.15, -0.1) is 0 Å². The minimum absolute atomic E-state index is 0.179. The SMILES string of the molecule is CCCCCCCCCCCCCCCCCCOC(=O)CCCC(=O)OCCCCCCCCCCCCCCCCCC.CN(C)CCC(=O)O. The number of esters is 2. The van der Waals surface area contributed by atoms with Gasteiger partial charge in [0.05, 0.1) is 19.6 Å². The van der Waals surface area contributed by atoms with E-state index in [-0.39, 0.29) is 18.4 Å². The van der Waals surface area contributed by atoms with Crippen LogP contribution in [0.4, 0.5) is 0 Å². The fourth-order valence-electron chi connectivity index (χ4n) is 6.51. The van der Waals surface area contributed by atoms with Crippen LogP contribution in [0, 0.1) is 0 Å². The van der Waals surface area contributed by atoms with Gasteiger partial charge in [0.2, 0.25) is 0 Å². The van der Waals surface area contributed by atoms with Crippen LogP contribution < -0.4 is 0 Å². The molecule has 0 saturated heterocycles. The molecule has 7 heteroatoms. The number of carbonyl (C=O) groups excluding carboxylic acids is 2. The summed E-state index contributed by atoms with van der Waals surface area (Å²) >= 11 is 0. The lowest BCUT2D eigenvalue weighted by Gasteiger charge is -2.06. The molecule has 1 N–H and O–H groups in total. The zero-order chi connectivity index (χ0) is 39.3. The summed E-state index contributed by atoms with van der Waals surface area (Å²) in [6.45, 7) is 6.21. The molecule has 0 radical (unpaired) electrons. The van der Waals surface area contributed by atoms with Crippen LogP contribution in [0.2, 0.25) is 0 Å². The maximum Gasteiger partial charge on any atom is 0.305 e. The molecule has 0 aromatic heterocycles. The van der Waals surface area contributed by atoms with E-state index in [0.29, 0.717) is 39.0 Å². The van der Waals surface area contributed by atoms with E-state index in [1.807, 2.05) is 19.0 Å². The first kappa shape index (κ1) is 53.5. The van der Waals surface area contributed by atoms with Crippen LogP contribution in [0.5, 0.6) is 0 Å². The minimum Gasteiger partial charge on any atom is -0.481 e. The highest BCUT2D eigenvalue weighted by Gasteiger charge is 2.07. The Morgan fingerprint density at radius 1 is 0.377 bits per heavy atom. The van der Waals surface area contributed by atoms with Gasteiger partial charge >= 0.3 is 17.9 Å². The van der Waals surface area contributed by atoms with E-state index in [9.17, 15) is 14.4 Å². The molecule has 0 aromatic carbocycles. The molecule has 0 bridgehead atoms. The fraction of sp³-hybridized carbons (Fsp3) is 0.935. The largest absolute Gasteiger partial charge is 0.481 e. The summed E-state index contributed by atoms with van der Waals surface area (Å²) in [6.07, 6.45) is 44.3. The predicted octanol–water partition coefficient (Wildman–Crippen LogP) is 13.8. The second-order valence-corrected chi connectivity index (χ2v) is 15.8. The Morgan fingerprint density at radius 3 is 0.830 bits per heavy atom. The molecule has 0 rings (SSSR count). The van der Waals surface area contributed by atoms with Crippen LogP contribution >= 0.6 is 0 Å². The van der Waals surface area contributed by atoms with Crippen LogP contribution in [0.3, 0.4) is 0 Å². The molecule has 0 saturated carbocycles. The van der Waals surface area contributed by atoms with Crippen LogP contribution in [-0.4, -0.2) is 61.8 Å². The summed E-state index contributed by atoms with van der Waals surface area (Å²) in [4.78, 5) is 35.6. The molecule has 0 aliphatic heterocycles. The number of unbranched alkanes of at least 4 members (excludes halogenated alkanes) is 30. The number of hydrogen-bond acceptors (Lipinski definition) is 6. The summed E-state index contributed by atoms with van der Waals surface area (Å²) in [5, 5.41) is 8.14. The Bertz CT molecular complexity index is 708. The highest BCUT2D eigenvalue weighted by Crippen LogP contribution is 2.15. The predicted molar refractivity (Wildman–Crippen MR) is 226 cm³/mol. The van der Waals surface area contributed by atoms with Crippen molar-refractivity contribution in [1.29, 1.82) is 0 Å². The standard InChI is InChI=1S/C41H80O4.C5H11NO2/c1-3-5-7-9-11-13-15-17-19-21-23-25-27-29-31-33-38-44-40(42)36-35-37-41(43)45-39-34-32-30-28-26-24-22-20-18-16-14-12-10-8-6-4-2;1-6(2)4-3-5(7)8/h3-39H2,1-2H3;3-4H2,1-2H3,(H,7,8). The normalized spacial score (nSPS) is 11.0. The summed E-state index contributed by atoms with van der Waals surface area (Å²) < 4.78 is 10.7. The van der Waals surface area contributed by atoms with Gasteiger partial charge in [0.15, 0.2) is 0 Å². The number of carboxylic acids is 1. The third kappa shape index (κ3) is 52.5. The second-order valence-electron chi connectivity index (χ2n) is 15.8. The lowest BCUT2D eigenvalue weighted by molar-refractivity contribution is -0.145. The van der Waals surface area contributed by atoms with Gasteiger partial charge in [-0.3, -0.25) is 14.4 Å². The van der Waals surface area contributed by atoms with Gasteiger partial charge in [0.1, 0.15) is 0 Å². The number of nitrogens with zero attached hydrogens (tertiary/aromatic N) is 1. The fourth-order valence-corrected chi connectivity index (χ4v) is 6.51. The summed E-state index contributed by atoms with van der Waals surface area (Å²) in [7, 11) is 3.70. The van der Waals surface area contributed by atoms with E-state index >= 15 is 0 Å². The lowest BCUT2D eigenvalue weighted by atomic mass is 10.0. The van der Waals surface area contributed by atoms with Crippen molar-refractivity contribution >= 4 is 17.9 Å². The number of carboxylic acid groups (broad SMARTS) is 1. The molecule has 0 amide bonds. The van der Waals surface area contributed by atoms with Crippen molar-refractivity contribution in [2.24, 2.45) is 0 Å². The van der Waals surface area contributed by atoms with Crippen molar-refractivity contribution in [3.05, 3.63) is 0 Å². The Balaban J connectivity index is 0. The molecule has 316 valence electrons. The minimum atomic E-state index is -0.737. The molecule has 0 heterocycles. The van der Waals surface area contributed by atoms with Crippen molar-refractivity contribution in [2.75, 3.05) is 33.9 Å². The number of aliphatic carboxylic acids is 1. The van der Waals surface area contributed by atoms with Gasteiger partial charge in [-0.05, 0) is 33.4 Å². The molecule has 0 fully saturated rings. The summed E-state index contributed by atoms with van der Waals surface area (Å²) in [5.74, 6) is -1.10. The van der Waals surface area contributed by atoms with Crippen LogP contribution in [-0.2, 0) is 23.9 Å². The van der Waals surface area contributed by atoms with Crippen molar-refractivity contribution < 1.29 is 29.0 Å². The van der Waals surface area contributed by atoms with E-state index in [1.165, 1.54) is 180 Å². The van der Waals surface area contributed by atoms with Gasteiger partial charge in [-0.1, -0.05) is 206 Å². The lowest BCUT2D eigenvalue weighted by Crippen LogP contribution is -2.15. The average molecular weight is 754 g/mol. The number of ether oxygens (including phenoxy) is 2. The van der Waals surface area contributed by atoms with Crippen molar-refractivity contribution in [3.8, 4) is 0 Å². The average Bonchev–Trinajstić information content (AvgIpc) is 3.13. The molecule has 7 nitrogen and oxygen atoms in total. The molecule has 0 aliphatic carbocycles. The first-order chi connectivity index (χ1) is 25.8. The molecular formula is C46H91NO6. The van der Waals surface area contributed by atoms with Crippen molar-refractivity contribution in [2.45, 2.75) is 245 Å². The molecule has 0 aliphatic rings.